The van der Waals surface area contributed by atoms with Crippen LogP contribution >= 0.6 is 0 Å². The van der Waals surface area contributed by atoms with Crippen molar-refractivity contribution in [1.29, 1.82) is 0 Å². The Labute approximate surface area is 105 Å². The van der Waals surface area contributed by atoms with Crippen LogP contribution in [0, 0.1) is 5.82 Å². The van der Waals surface area contributed by atoms with Gasteiger partial charge < -0.3 is 5.43 Å². The van der Waals surface area contributed by atoms with Gasteiger partial charge in [-0.15, -0.1) is 0 Å². The Kier molecular flexibility index (Phi) is 2.88. The highest BCUT2D eigenvalue weighted by atomic mass is 19.1. The Morgan fingerprint density at radius 3 is 2.72 bits per heavy atom. The fourth-order valence-corrected chi connectivity index (χ4v) is 2.78. The minimum atomic E-state index is -0.249. The van der Waals surface area contributed by atoms with Gasteiger partial charge in [-0.25, -0.2) is 4.39 Å². The van der Waals surface area contributed by atoms with E-state index in [9.17, 15) is 4.39 Å². The van der Waals surface area contributed by atoms with Gasteiger partial charge in [0.1, 0.15) is 5.82 Å². The lowest BCUT2D eigenvalue weighted by atomic mass is 10.0. The number of fused-ring (bicyclic) bond motifs is 1. The first kappa shape index (κ1) is 11.4. The Hall–Kier alpha value is -1.68. The van der Waals surface area contributed by atoms with Gasteiger partial charge in [0.05, 0.1) is 16.9 Å². The van der Waals surface area contributed by atoms with Crippen LogP contribution in [-0.4, -0.2) is 4.98 Å². The van der Waals surface area contributed by atoms with E-state index >= 15 is 0 Å². The lowest BCUT2D eigenvalue weighted by molar-refractivity contribution is 0.629. The number of hydrazine groups is 1. The minimum Gasteiger partial charge on any atom is -0.322 e. The molecule has 0 amide bonds. The van der Waals surface area contributed by atoms with E-state index in [0.29, 0.717) is 11.4 Å². The van der Waals surface area contributed by atoms with Crippen molar-refractivity contribution in [2.24, 2.45) is 5.84 Å². The first-order valence-electron chi connectivity index (χ1n) is 6.35. The molecule has 1 heterocycles. The van der Waals surface area contributed by atoms with E-state index < -0.39 is 0 Å². The standard InChI is InChI=1S/C14H16FN3/c15-11-6-5-10-7-13(18-16)14(17-12(10)8-11)9-3-1-2-4-9/h5-9,18H,1-4,16H2. The predicted molar refractivity (Wildman–Crippen MR) is 70.7 cm³/mol. The average Bonchev–Trinajstić information content (AvgIpc) is 2.90. The summed E-state index contributed by atoms with van der Waals surface area (Å²) in [6.07, 6.45) is 4.75. The molecule has 3 rings (SSSR count). The lowest BCUT2D eigenvalue weighted by Gasteiger charge is -2.15. The maximum absolute atomic E-state index is 13.2. The smallest absolute Gasteiger partial charge is 0.125 e. The largest absolute Gasteiger partial charge is 0.322 e. The summed E-state index contributed by atoms with van der Waals surface area (Å²) >= 11 is 0. The van der Waals surface area contributed by atoms with Crippen molar-refractivity contribution >= 4 is 16.6 Å². The van der Waals surface area contributed by atoms with Crippen LogP contribution in [0.5, 0.6) is 0 Å². The van der Waals surface area contributed by atoms with Crippen LogP contribution in [0.25, 0.3) is 10.9 Å². The molecule has 0 bridgehead atoms. The van der Waals surface area contributed by atoms with E-state index in [1.54, 1.807) is 6.07 Å². The molecule has 2 aromatic rings. The summed E-state index contributed by atoms with van der Waals surface area (Å²) in [6, 6.07) is 6.61. The molecule has 0 atom stereocenters. The lowest BCUT2D eigenvalue weighted by Crippen LogP contribution is -2.12. The van der Waals surface area contributed by atoms with Crippen molar-refractivity contribution in [3.05, 3.63) is 35.8 Å². The van der Waals surface area contributed by atoms with E-state index in [2.05, 4.69) is 10.4 Å². The van der Waals surface area contributed by atoms with Crippen LogP contribution in [-0.2, 0) is 0 Å². The van der Waals surface area contributed by atoms with Crippen LogP contribution in [0.4, 0.5) is 10.1 Å². The number of halogens is 1. The third-order valence-electron chi connectivity index (χ3n) is 3.71. The zero-order chi connectivity index (χ0) is 12.5. The summed E-state index contributed by atoms with van der Waals surface area (Å²) in [7, 11) is 0. The van der Waals surface area contributed by atoms with Crippen molar-refractivity contribution in [1.82, 2.24) is 4.98 Å². The van der Waals surface area contributed by atoms with Crippen molar-refractivity contribution in [3.8, 4) is 0 Å². The second kappa shape index (κ2) is 4.53. The molecule has 0 radical (unpaired) electrons. The highest BCUT2D eigenvalue weighted by Crippen LogP contribution is 2.37. The summed E-state index contributed by atoms with van der Waals surface area (Å²) in [5.74, 6) is 5.77. The van der Waals surface area contributed by atoms with Gasteiger partial charge >= 0.3 is 0 Å². The summed E-state index contributed by atoms with van der Waals surface area (Å²) in [4.78, 5) is 4.61. The van der Waals surface area contributed by atoms with Gasteiger partial charge in [-0.2, -0.15) is 0 Å². The Morgan fingerprint density at radius 2 is 2.00 bits per heavy atom. The number of hydrogen-bond acceptors (Lipinski definition) is 3. The van der Waals surface area contributed by atoms with Crippen molar-refractivity contribution in [2.45, 2.75) is 31.6 Å². The van der Waals surface area contributed by atoms with Gasteiger partial charge in [-0.1, -0.05) is 12.8 Å². The molecule has 3 N–H and O–H groups in total. The average molecular weight is 245 g/mol. The van der Waals surface area contributed by atoms with Gasteiger partial charge in [-0.05, 0) is 31.0 Å². The third-order valence-corrected chi connectivity index (χ3v) is 3.71. The summed E-state index contributed by atoms with van der Waals surface area (Å²) in [5, 5.41) is 0.908. The second-order valence-corrected chi connectivity index (χ2v) is 4.88. The highest BCUT2D eigenvalue weighted by molar-refractivity contribution is 5.82. The molecular weight excluding hydrogens is 229 g/mol. The van der Waals surface area contributed by atoms with Gasteiger partial charge in [0, 0.05) is 17.4 Å². The number of nitrogens with zero attached hydrogens (tertiary/aromatic N) is 1. The van der Waals surface area contributed by atoms with Gasteiger partial charge in [0.25, 0.3) is 0 Å². The van der Waals surface area contributed by atoms with E-state index in [4.69, 9.17) is 5.84 Å². The molecule has 0 spiro atoms. The number of benzene rings is 1. The van der Waals surface area contributed by atoms with E-state index in [-0.39, 0.29) is 5.82 Å². The first-order chi connectivity index (χ1) is 8.78. The molecule has 0 saturated heterocycles. The number of pyridine rings is 1. The van der Waals surface area contributed by atoms with Crippen LogP contribution in [0.2, 0.25) is 0 Å². The fraction of sp³-hybridized carbons (Fsp3) is 0.357. The number of nitrogen functional groups attached to an aromatic ring is 1. The number of nitrogens with one attached hydrogen (secondary N) is 1. The van der Waals surface area contributed by atoms with Crippen LogP contribution in [0.1, 0.15) is 37.3 Å². The van der Waals surface area contributed by atoms with E-state index in [1.165, 1.54) is 25.0 Å². The predicted octanol–water partition coefficient (Wildman–Crippen LogP) is 3.32. The molecule has 1 saturated carbocycles. The summed E-state index contributed by atoms with van der Waals surface area (Å²) in [5.41, 5.74) is 5.27. The maximum Gasteiger partial charge on any atom is 0.125 e. The number of rotatable bonds is 2. The fourth-order valence-electron chi connectivity index (χ4n) is 2.78. The van der Waals surface area contributed by atoms with Crippen LogP contribution < -0.4 is 11.3 Å². The number of hydrogen-bond donors (Lipinski definition) is 2. The molecular formula is C14H16FN3. The molecule has 0 unspecified atom stereocenters. The zero-order valence-corrected chi connectivity index (χ0v) is 10.1. The van der Waals surface area contributed by atoms with Gasteiger partial charge in [0.2, 0.25) is 0 Å². The molecule has 1 aromatic heterocycles. The zero-order valence-electron chi connectivity index (χ0n) is 10.1. The highest BCUT2D eigenvalue weighted by Gasteiger charge is 2.21. The second-order valence-electron chi connectivity index (χ2n) is 4.88. The molecule has 1 fully saturated rings. The maximum atomic E-state index is 13.2. The Balaban J connectivity index is 2.15. The number of aromatic nitrogens is 1. The van der Waals surface area contributed by atoms with Crippen molar-refractivity contribution < 1.29 is 4.39 Å². The molecule has 1 aliphatic rings. The van der Waals surface area contributed by atoms with Crippen molar-refractivity contribution in [2.75, 3.05) is 5.43 Å². The molecule has 94 valence electrons. The molecule has 1 aliphatic carbocycles. The van der Waals surface area contributed by atoms with Gasteiger partial charge in [-0.3, -0.25) is 10.8 Å². The SMILES string of the molecule is NNc1cc2ccc(F)cc2nc1C1CCCC1. The number of nitrogens with two attached hydrogens (primary N) is 1. The van der Waals surface area contributed by atoms with E-state index in [1.807, 2.05) is 6.07 Å². The summed E-state index contributed by atoms with van der Waals surface area (Å²) in [6.45, 7) is 0. The first-order valence-corrected chi connectivity index (χ1v) is 6.35. The quantitative estimate of drug-likeness (QED) is 0.630. The third kappa shape index (κ3) is 1.93. The molecule has 3 nitrogen and oxygen atoms in total. The normalized spacial score (nSPS) is 16.3. The summed E-state index contributed by atoms with van der Waals surface area (Å²) < 4.78 is 13.2. The van der Waals surface area contributed by atoms with Crippen LogP contribution in [0.3, 0.4) is 0 Å². The molecule has 0 aliphatic heterocycles. The number of anilines is 1. The van der Waals surface area contributed by atoms with Crippen LogP contribution in [0.15, 0.2) is 24.3 Å². The molecule has 18 heavy (non-hydrogen) atoms. The van der Waals surface area contributed by atoms with Crippen molar-refractivity contribution in [3.63, 3.8) is 0 Å². The molecule has 4 heteroatoms. The van der Waals surface area contributed by atoms with E-state index in [0.717, 1.165) is 29.6 Å². The topological polar surface area (TPSA) is 50.9 Å². The Bertz CT molecular complexity index is 577. The molecule has 1 aromatic carbocycles. The Morgan fingerprint density at radius 1 is 1.22 bits per heavy atom. The monoisotopic (exact) mass is 245 g/mol. The van der Waals surface area contributed by atoms with Gasteiger partial charge in [0.15, 0.2) is 0 Å². The minimum absolute atomic E-state index is 0.249.